The molecule has 7 aromatic carbocycles. The van der Waals surface area contributed by atoms with Crippen molar-refractivity contribution in [1.82, 2.24) is 0 Å². The molecule has 2 saturated heterocycles. The number of rotatable bonds is 25. The monoisotopic (exact) mass is 972 g/mol. The normalized spacial score (nSPS) is 24.2. The van der Waals surface area contributed by atoms with Gasteiger partial charge in [0.2, 0.25) is 0 Å². The predicted octanol–water partition coefficient (Wildman–Crippen LogP) is 10.2. The summed E-state index contributed by atoms with van der Waals surface area (Å²) in [5, 5.41) is 12.5. The van der Waals surface area contributed by atoms with Crippen molar-refractivity contribution < 1.29 is 52.5 Å². The highest BCUT2D eigenvalue weighted by atomic mass is 16.8. The average molecular weight is 973 g/mol. The molecule has 0 bridgehead atoms. The fourth-order valence-electron chi connectivity index (χ4n) is 8.92. The molecule has 0 unspecified atom stereocenters. The smallest absolute Gasteiger partial charge is 0.187 e. The molecular weight excluding hydrogens is 909 g/mol. The highest BCUT2D eigenvalue weighted by Crippen LogP contribution is 2.36. The molecule has 0 radical (unpaired) electrons. The van der Waals surface area contributed by atoms with Gasteiger partial charge in [-0.15, -0.1) is 0 Å². The van der Waals surface area contributed by atoms with Crippen molar-refractivity contribution in [3.05, 3.63) is 251 Å². The fraction of sp³-hybridized carbons (Fsp3) is 0.311. The van der Waals surface area contributed by atoms with E-state index in [1.165, 1.54) is 0 Å². The van der Waals surface area contributed by atoms with Crippen LogP contribution < -0.4 is 0 Å². The summed E-state index contributed by atoms with van der Waals surface area (Å²) >= 11 is 0. The van der Waals surface area contributed by atoms with Gasteiger partial charge in [0.05, 0.1) is 59.5 Å². The molecule has 2 fully saturated rings. The van der Waals surface area contributed by atoms with Gasteiger partial charge in [-0.2, -0.15) is 0 Å². The van der Waals surface area contributed by atoms with Crippen molar-refractivity contribution in [2.75, 3.05) is 13.2 Å². The van der Waals surface area contributed by atoms with E-state index in [2.05, 4.69) is 0 Å². The first-order chi connectivity index (χ1) is 35.6. The maximum atomic E-state index is 12.5. The maximum Gasteiger partial charge on any atom is 0.187 e. The second-order valence-corrected chi connectivity index (χ2v) is 18.0. The minimum atomic E-state index is -1.31. The van der Waals surface area contributed by atoms with Gasteiger partial charge in [-0.3, -0.25) is 0 Å². The molecule has 0 amide bonds. The van der Waals surface area contributed by atoms with E-state index in [0.29, 0.717) is 13.2 Å². The molecule has 0 aromatic heterocycles. The van der Waals surface area contributed by atoms with Gasteiger partial charge in [-0.05, 0) is 38.9 Å². The Balaban J connectivity index is 1.08. The molecule has 11 heteroatoms. The lowest BCUT2D eigenvalue weighted by Crippen LogP contribution is -2.66. The minimum absolute atomic E-state index is 0.0608. The summed E-state index contributed by atoms with van der Waals surface area (Å²) in [5.74, 6) is 0. The second kappa shape index (κ2) is 27.2. The predicted molar refractivity (Wildman–Crippen MR) is 272 cm³/mol. The molecule has 7 aromatic rings. The first kappa shape index (κ1) is 51.0. The topological polar surface area (TPSA) is 113 Å². The van der Waals surface area contributed by atoms with Crippen molar-refractivity contribution in [3.63, 3.8) is 0 Å². The van der Waals surface area contributed by atoms with Gasteiger partial charge in [0.1, 0.15) is 48.8 Å². The summed E-state index contributed by atoms with van der Waals surface area (Å²) in [4.78, 5) is 0. The Morgan fingerprint density at radius 1 is 0.292 bits per heavy atom. The third-order valence-electron chi connectivity index (χ3n) is 12.7. The van der Waals surface area contributed by atoms with E-state index in [9.17, 15) is 5.11 Å². The third kappa shape index (κ3) is 14.8. The van der Waals surface area contributed by atoms with Gasteiger partial charge >= 0.3 is 0 Å². The SMILES string of the molecule is O[C@H]1[C@@H](OCc2ccccc2)O[C@@H](COCc2ccccc2)[C@@H](O[C@@H]2O[C@H](COCc3ccccc3)[C@H](OCc3ccccc3)[C@H](OCc3ccccc3)[C@@H]2OCc2ccccc2)[C@H]1OCc1ccccc1. The van der Waals surface area contributed by atoms with Gasteiger partial charge in [0.25, 0.3) is 0 Å². The van der Waals surface area contributed by atoms with Crippen LogP contribution in [0.4, 0.5) is 0 Å². The van der Waals surface area contributed by atoms with Gasteiger partial charge in [-0.25, -0.2) is 0 Å². The van der Waals surface area contributed by atoms with Crippen molar-refractivity contribution in [2.45, 2.75) is 108 Å². The van der Waals surface area contributed by atoms with E-state index < -0.39 is 61.4 Å². The van der Waals surface area contributed by atoms with Gasteiger partial charge in [0, 0.05) is 0 Å². The molecular formula is C61H64O11. The number of aliphatic hydroxyl groups is 1. The first-order valence-electron chi connectivity index (χ1n) is 24.8. The molecule has 10 atom stereocenters. The molecule has 374 valence electrons. The Hall–Kier alpha value is -5.90. The van der Waals surface area contributed by atoms with E-state index in [-0.39, 0.29) is 46.2 Å². The van der Waals surface area contributed by atoms with Crippen LogP contribution in [0.3, 0.4) is 0 Å². The van der Waals surface area contributed by atoms with Crippen LogP contribution in [0.15, 0.2) is 212 Å². The van der Waals surface area contributed by atoms with Crippen molar-refractivity contribution in [2.24, 2.45) is 0 Å². The lowest BCUT2D eigenvalue weighted by Gasteiger charge is -2.49. The quantitative estimate of drug-likeness (QED) is 0.0591. The Morgan fingerprint density at radius 2 is 0.583 bits per heavy atom. The molecule has 1 N–H and O–H groups in total. The van der Waals surface area contributed by atoms with E-state index in [4.69, 9.17) is 47.4 Å². The van der Waals surface area contributed by atoms with Crippen LogP contribution in [-0.4, -0.2) is 79.7 Å². The molecule has 2 aliphatic rings. The van der Waals surface area contributed by atoms with Crippen LogP contribution >= 0.6 is 0 Å². The molecule has 11 nitrogen and oxygen atoms in total. The summed E-state index contributed by atoms with van der Waals surface area (Å²) in [6, 6.07) is 69.5. The van der Waals surface area contributed by atoms with E-state index in [1.54, 1.807) is 0 Å². The summed E-state index contributed by atoms with van der Waals surface area (Å²) < 4.78 is 68.4. The molecule has 72 heavy (non-hydrogen) atoms. The van der Waals surface area contributed by atoms with Crippen molar-refractivity contribution >= 4 is 0 Å². The average Bonchev–Trinajstić information content (AvgIpc) is 3.44. The van der Waals surface area contributed by atoms with Crippen LogP contribution in [0.1, 0.15) is 38.9 Å². The van der Waals surface area contributed by atoms with E-state index in [1.807, 2.05) is 212 Å². The number of benzene rings is 7. The van der Waals surface area contributed by atoms with Crippen molar-refractivity contribution in [3.8, 4) is 0 Å². The maximum absolute atomic E-state index is 12.5. The zero-order valence-electron chi connectivity index (χ0n) is 40.4. The Labute approximate surface area is 423 Å². The lowest BCUT2D eigenvalue weighted by atomic mass is 9.96. The molecule has 2 heterocycles. The highest BCUT2D eigenvalue weighted by Gasteiger charge is 2.54. The van der Waals surface area contributed by atoms with E-state index in [0.717, 1.165) is 38.9 Å². The molecule has 0 saturated carbocycles. The summed E-state index contributed by atoms with van der Waals surface area (Å²) in [6.07, 6.45) is -9.49. The summed E-state index contributed by atoms with van der Waals surface area (Å²) in [5.41, 5.74) is 6.73. The standard InChI is InChI=1S/C61H64O11/c62-54-57(66-39-48-28-14-4-15-29-48)56(53(44-64-37-46-24-10-2-11-25-46)70-60(54)69-42-51-34-20-7-21-35-51)72-61-59(68-41-50-32-18-6-19-33-50)58(67-40-49-30-16-5-17-31-49)55(65-38-47-26-12-3-13-27-47)52(71-61)43-63-36-45-22-8-1-9-23-45/h1-35,52-62H,36-44H2/t52-,53+,54-,55+,56-,57+,58+,59+,60+,61+/m1/s1. The number of ether oxygens (including phenoxy) is 10. The Morgan fingerprint density at radius 3 is 0.972 bits per heavy atom. The Bertz CT molecular complexity index is 2550. The molecule has 9 rings (SSSR count). The largest absolute Gasteiger partial charge is 0.385 e. The third-order valence-corrected chi connectivity index (χ3v) is 12.7. The number of aliphatic hydroxyl groups excluding tert-OH is 1. The second-order valence-electron chi connectivity index (χ2n) is 18.0. The van der Waals surface area contributed by atoms with Crippen LogP contribution in [0.2, 0.25) is 0 Å². The summed E-state index contributed by atoms with van der Waals surface area (Å²) in [7, 11) is 0. The summed E-state index contributed by atoms with van der Waals surface area (Å²) in [6.45, 7) is 1.91. The lowest BCUT2D eigenvalue weighted by molar-refractivity contribution is -0.375. The van der Waals surface area contributed by atoms with Gasteiger partial charge in [0.15, 0.2) is 12.6 Å². The van der Waals surface area contributed by atoms with Gasteiger partial charge < -0.3 is 52.5 Å². The van der Waals surface area contributed by atoms with Crippen LogP contribution in [-0.2, 0) is 93.6 Å². The molecule has 2 aliphatic heterocycles. The zero-order valence-corrected chi connectivity index (χ0v) is 40.4. The van der Waals surface area contributed by atoms with Crippen LogP contribution in [0.25, 0.3) is 0 Å². The van der Waals surface area contributed by atoms with Crippen LogP contribution in [0.5, 0.6) is 0 Å². The molecule has 0 aliphatic carbocycles. The fourth-order valence-corrected chi connectivity index (χ4v) is 8.92. The number of hydrogen-bond acceptors (Lipinski definition) is 11. The van der Waals surface area contributed by atoms with Gasteiger partial charge in [-0.1, -0.05) is 212 Å². The first-order valence-corrected chi connectivity index (χ1v) is 24.8. The van der Waals surface area contributed by atoms with Crippen LogP contribution in [0, 0.1) is 0 Å². The zero-order chi connectivity index (χ0) is 49.0. The number of hydrogen-bond donors (Lipinski definition) is 1. The van der Waals surface area contributed by atoms with Crippen molar-refractivity contribution in [1.29, 1.82) is 0 Å². The molecule has 0 spiro atoms. The highest BCUT2D eigenvalue weighted by molar-refractivity contribution is 5.19. The minimum Gasteiger partial charge on any atom is -0.385 e. The van der Waals surface area contributed by atoms with E-state index >= 15 is 0 Å². The Kier molecular flexibility index (Phi) is 19.3.